The van der Waals surface area contributed by atoms with Crippen molar-refractivity contribution in [3.63, 3.8) is 0 Å². The lowest BCUT2D eigenvalue weighted by molar-refractivity contribution is 0.603. The van der Waals surface area contributed by atoms with Gasteiger partial charge in [0.15, 0.2) is 5.65 Å². The average Bonchev–Trinajstić information content (AvgIpc) is 2.49. The maximum Gasteiger partial charge on any atom is 0.332 e. The SMILES string of the molecule is CCCn1c(=O)n(C)c(=O)c2c(SCC)nc(C(C)C)nc21. The molecule has 0 N–H and O–H groups in total. The van der Waals surface area contributed by atoms with Gasteiger partial charge in [0.25, 0.3) is 5.56 Å². The summed E-state index contributed by atoms with van der Waals surface area (Å²) >= 11 is 1.51. The lowest BCUT2D eigenvalue weighted by atomic mass is 10.2. The standard InChI is InChI=1S/C15H22N4O2S/c1-6-8-19-12-10(14(20)18(5)15(19)21)13(22-7-2)17-11(16-12)9(3)4/h9H,6-8H2,1-5H3. The average molecular weight is 322 g/mol. The molecule has 22 heavy (non-hydrogen) atoms. The van der Waals surface area contributed by atoms with E-state index in [2.05, 4.69) is 9.97 Å². The van der Waals surface area contributed by atoms with E-state index < -0.39 is 0 Å². The monoisotopic (exact) mass is 322 g/mol. The van der Waals surface area contributed by atoms with Crippen LogP contribution < -0.4 is 11.2 Å². The zero-order valence-corrected chi connectivity index (χ0v) is 14.5. The van der Waals surface area contributed by atoms with Crippen LogP contribution in [0.25, 0.3) is 11.0 Å². The first kappa shape index (κ1) is 16.7. The summed E-state index contributed by atoms with van der Waals surface area (Å²) in [5.74, 6) is 1.61. The van der Waals surface area contributed by atoms with Gasteiger partial charge in [-0.3, -0.25) is 13.9 Å². The molecule has 0 unspecified atom stereocenters. The van der Waals surface area contributed by atoms with Gasteiger partial charge < -0.3 is 0 Å². The molecule has 7 heteroatoms. The first-order valence-corrected chi connectivity index (χ1v) is 8.55. The molecule has 6 nitrogen and oxygen atoms in total. The molecule has 0 aliphatic rings. The number of aromatic nitrogens is 4. The Kier molecular flexibility index (Phi) is 5.05. The van der Waals surface area contributed by atoms with Crippen LogP contribution >= 0.6 is 11.8 Å². The highest BCUT2D eigenvalue weighted by Crippen LogP contribution is 2.24. The Hall–Kier alpha value is -1.63. The summed E-state index contributed by atoms with van der Waals surface area (Å²) in [5, 5.41) is 1.12. The van der Waals surface area contributed by atoms with Crippen LogP contribution in [0.4, 0.5) is 0 Å². The summed E-state index contributed by atoms with van der Waals surface area (Å²) in [5.41, 5.74) is -0.177. The van der Waals surface area contributed by atoms with Gasteiger partial charge >= 0.3 is 5.69 Å². The zero-order chi connectivity index (χ0) is 16.4. The minimum atomic E-state index is -0.321. The smallest absolute Gasteiger partial charge is 0.277 e. The van der Waals surface area contributed by atoms with Gasteiger partial charge in [0.2, 0.25) is 0 Å². The molecule has 0 saturated carbocycles. The Labute approximate surface area is 133 Å². The van der Waals surface area contributed by atoms with Gasteiger partial charge in [-0.15, -0.1) is 11.8 Å². The van der Waals surface area contributed by atoms with Crippen LogP contribution in [0.1, 0.15) is 45.9 Å². The first-order chi connectivity index (χ1) is 10.4. The van der Waals surface area contributed by atoms with Crippen molar-refractivity contribution in [3.8, 4) is 0 Å². The molecular formula is C15H22N4O2S. The van der Waals surface area contributed by atoms with Crippen LogP contribution in [0.3, 0.4) is 0 Å². The minimum absolute atomic E-state index is 0.134. The third-order valence-electron chi connectivity index (χ3n) is 3.41. The Bertz CT molecular complexity index is 808. The Balaban J connectivity index is 3.00. The molecule has 0 fully saturated rings. The second-order valence-corrected chi connectivity index (χ2v) is 6.72. The van der Waals surface area contributed by atoms with Crippen molar-refractivity contribution in [3.05, 3.63) is 26.7 Å². The van der Waals surface area contributed by atoms with Crippen molar-refractivity contribution in [1.29, 1.82) is 0 Å². The summed E-state index contributed by atoms with van der Waals surface area (Å²) in [7, 11) is 1.51. The van der Waals surface area contributed by atoms with E-state index in [0.29, 0.717) is 28.4 Å². The number of fused-ring (bicyclic) bond motifs is 1. The Morgan fingerprint density at radius 1 is 1.18 bits per heavy atom. The van der Waals surface area contributed by atoms with Gasteiger partial charge in [-0.1, -0.05) is 27.7 Å². The third-order valence-corrected chi connectivity index (χ3v) is 4.27. The topological polar surface area (TPSA) is 69.8 Å². The van der Waals surface area contributed by atoms with Crippen molar-refractivity contribution in [2.75, 3.05) is 5.75 Å². The molecule has 0 radical (unpaired) electrons. The van der Waals surface area contributed by atoms with Crippen molar-refractivity contribution in [1.82, 2.24) is 19.1 Å². The van der Waals surface area contributed by atoms with Crippen molar-refractivity contribution >= 4 is 22.8 Å². The van der Waals surface area contributed by atoms with Gasteiger partial charge in [-0.2, -0.15) is 0 Å². The van der Waals surface area contributed by atoms with Gasteiger partial charge in [0.05, 0.1) is 0 Å². The summed E-state index contributed by atoms with van der Waals surface area (Å²) in [4.78, 5) is 34.0. The quantitative estimate of drug-likeness (QED) is 0.623. The maximum absolute atomic E-state index is 12.5. The van der Waals surface area contributed by atoms with Crippen LogP contribution in [-0.2, 0) is 13.6 Å². The predicted molar refractivity (Wildman–Crippen MR) is 89.8 cm³/mol. The lowest BCUT2D eigenvalue weighted by Crippen LogP contribution is -2.39. The van der Waals surface area contributed by atoms with Crippen LogP contribution in [0, 0.1) is 0 Å². The van der Waals surface area contributed by atoms with E-state index in [1.54, 1.807) is 4.57 Å². The molecule has 120 valence electrons. The predicted octanol–water partition coefficient (Wildman–Crippen LogP) is 2.14. The van der Waals surface area contributed by atoms with E-state index in [-0.39, 0.29) is 17.2 Å². The summed E-state index contributed by atoms with van der Waals surface area (Å²) < 4.78 is 2.74. The van der Waals surface area contributed by atoms with Crippen LogP contribution in [-0.4, -0.2) is 24.9 Å². The summed E-state index contributed by atoms with van der Waals surface area (Å²) in [6, 6.07) is 0. The van der Waals surface area contributed by atoms with Crippen LogP contribution in [0.15, 0.2) is 14.6 Å². The molecule has 0 bridgehead atoms. The minimum Gasteiger partial charge on any atom is -0.277 e. The number of rotatable bonds is 5. The number of aryl methyl sites for hydroxylation is 1. The van der Waals surface area contributed by atoms with Gasteiger partial charge in [-0.25, -0.2) is 14.8 Å². The Morgan fingerprint density at radius 3 is 2.41 bits per heavy atom. The number of hydrogen-bond acceptors (Lipinski definition) is 5. The highest BCUT2D eigenvalue weighted by atomic mass is 32.2. The molecule has 2 heterocycles. The zero-order valence-electron chi connectivity index (χ0n) is 13.7. The van der Waals surface area contributed by atoms with Crippen molar-refractivity contribution in [2.45, 2.75) is 51.6 Å². The second-order valence-electron chi connectivity index (χ2n) is 5.47. The van der Waals surface area contributed by atoms with Crippen molar-refractivity contribution < 1.29 is 0 Å². The largest absolute Gasteiger partial charge is 0.332 e. The van der Waals surface area contributed by atoms with Crippen LogP contribution in [0.5, 0.6) is 0 Å². The van der Waals surface area contributed by atoms with Gasteiger partial charge in [0, 0.05) is 19.5 Å². The van der Waals surface area contributed by atoms with Crippen LogP contribution in [0.2, 0.25) is 0 Å². The highest BCUT2D eigenvalue weighted by molar-refractivity contribution is 7.99. The van der Waals surface area contributed by atoms with E-state index in [1.807, 2.05) is 27.7 Å². The summed E-state index contributed by atoms with van der Waals surface area (Å²) in [6.45, 7) is 8.56. The molecule has 0 spiro atoms. The summed E-state index contributed by atoms with van der Waals surface area (Å²) in [6.07, 6.45) is 0.796. The third kappa shape index (κ3) is 2.82. The van der Waals surface area contributed by atoms with E-state index in [4.69, 9.17) is 0 Å². The fraction of sp³-hybridized carbons (Fsp3) is 0.600. The van der Waals surface area contributed by atoms with E-state index in [1.165, 1.54) is 18.8 Å². The van der Waals surface area contributed by atoms with E-state index in [0.717, 1.165) is 16.7 Å². The first-order valence-electron chi connectivity index (χ1n) is 7.56. The molecule has 0 saturated heterocycles. The Morgan fingerprint density at radius 2 is 1.86 bits per heavy atom. The second kappa shape index (κ2) is 6.64. The number of nitrogens with zero attached hydrogens (tertiary/aromatic N) is 4. The maximum atomic E-state index is 12.5. The molecule has 0 aliphatic heterocycles. The fourth-order valence-electron chi connectivity index (χ4n) is 2.28. The molecule has 2 aromatic rings. The lowest BCUT2D eigenvalue weighted by Gasteiger charge is -2.14. The normalized spacial score (nSPS) is 11.5. The molecule has 0 aliphatic carbocycles. The van der Waals surface area contributed by atoms with Gasteiger partial charge in [-0.05, 0) is 12.2 Å². The number of hydrogen-bond donors (Lipinski definition) is 0. The molecular weight excluding hydrogens is 300 g/mol. The van der Waals surface area contributed by atoms with Crippen molar-refractivity contribution in [2.24, 2.45) is 7.05 Å². The van der Waals surface area contributed by atoms with Gasteiger partial charge in [0.1, 0.15) is 16.2 Å². The fourth-order valence-corrected chi connectivity index (χ4v) is 3.03. The highest BCUT2D eigenvalue weighted by Gasteiger charge is 2.19. The molecule has 2 rings (SSSR count). The van der Waals surface area contributed by atoms with E-state index in [9.17, 15) is 9.59 Å². The molecule has 0 aromatic carbocycles. The molecule has 2 aromatic heterocycles. The molecule has 0 amide bonds. The molecule has 0 atom stereocenters. The van der Waals surface area contributed by atoms with E-state index >= 15 is 0 Å². The number of thioether (sulfide) groups is 1.